The van der Waals surface area contributed by atoms with Crippen LogP contribution in [-0.2, 0) is 11.3 Å². The van der Waals surface area contributed by atoms with Crippen LogP contribution in [0.3, 0.4) is 0 Å². The molecule has 1 atom stereocenters. The van der Waals surface area contributed by atoms with E-state index in [2.05, 4.69) is 11.6 Å². The third kappa shape index (κ3) is 7.76. The van der Waals surface area contributed by atoms with E-state index in [1.807, 2.05) is 23.9 Å². The van der Waals surface area contributed by atoms with Crippen LogP contribution in [0.15, 0.2) is 22.8 Å². The van der Waals surface area contributed by atoms with E-state index >= 15 is 0 Å². The van der Waals surface area contributed by atoms with Crippen LogP contribution in [0.1, 0.15) is 18.6 Å². The Morgan fingerprint density at radius 1 is 1.50 bits per heavy atom. The molecule has 1 aromatic heterocycles. The van der Waals surface area contributed by atoms with Crippen LogP contribution in [0.2, 0.25) is 0 Å². The normalized spacial score (nSPS) is 12.8. The zero-order chi connectivity index (χ0) is 13.1. The zero-order valence-corrected chi connectivity index (χ0v) is 11.7. The van der Waals surface area contributed by atoms with Gasteiger partial charge in [0.25, 0.3) is 0 Å². The molecule has 0 bridgehead atoms. The number of furan rings is 1. The highest BCUT2D eigenvalue weighted by Gasteiger charge is 2.04. The van der Waals surface area contributed by atoms with Crippen molar-refractivity contribution in [1.82, 2.24) is 5.32 Å². The molecular weight excluding hydrogens is 250 g/mol. The maximum absolute atomic E-state index is 9.66. The summed E-state index contributed by atoms with van der Waals surface area (Å²) in [6.45, 7) is 2.28. The highest BCUT2D eigenvalue weighted by Crippen LogP contribution is 2.02. The molecule has 0 aliphatic rings. The van der Waals surface area contributed by atoms with Gasteiger partial charge in [0.2, 0.25) is 0 Å². The molecule has 18 heavy (non-hydrogen) atoms. The molecule has 1 heterocycles. The Morgan fingerprint density at radius 2 is 2.39 bits per heavy atom. The van der Waals surface area contributed by atoms with Gasteiger partial charge in [0.15, 0.2) is 0 Å². The Hall–Kier alpha value is -0.490. The molecule has 1 aromatic rings. The van der Waals surface area contributed by atoms with Crippen molar-refractivity contribution in [2.75, 3.05) is 31.7 Å². The number of aliphatic hydroxyl groups excluding tert-OH is 1. The maximum Gasteiger partial charge on any atom is 0.129 e. The summed E-state index contributed by atoms with van der Waals surface area (Å²) in [5.74, 6) is 1.99. The summed E-state index contributed by atoms with van der Waals surface area (Å²) in [4.78, 5) is 0. The summed E-state index contributed by atoms with van der Waals surface area (Å²) in [7, 11) is 0. The predicted molar refractivity (Wildman–Crippen MR) is 74.9 cm³/mol. The van der Waals surface area contributed by atoms with Gasteiger partial charge in [-0.2, -0.15) is 11.8 Å². The van der Waals surface area contributed by atoms with Gasteiger partial charge in [-0.3, -0.25) is 0 Å². The standard InChI is InChI=1S/C13H23NO3S/c1-18-8-3-2-6-14-9-12(15)10-16-11-13-5-4-7-17-13/h4-5,7,12,14-15H,2-3,6,8-11H2,1H3. The zero-order valence-electron chi connectivity index (χ0n) is 10.9. The van der Waals surface area contributed by atoms with Crippen LogP contribution in [0.4, 0.5) is 0 Å². The Morgan fingerprint density at radius 3 is 3.11 bits per heavy atom. The molecule has 2 N–H and O–H groups in total. The second-order valence-corrected chi connectivity index (χ2v) is 5.14. The maximum atomic E-state index is 9.66. The molecule has 0 aromatic carbocycles. The topological polar surface area (TPSA) is 54.6 Å². The van der Waals surface area contributed by atoms with Crippen molar-refractivity contribution in [3.8, 4) is 0 Å². The van der Waals surface area contributed by atoms with Crippen molar-refractivity contribution in [3.63, 3.8) is 0 Å². The lowest BCUT2D eigenvalue weighted by molar-refractivity contribution is 0.0227. The monoisotopic (exact) mass is 273 g/mol. The van der Waals surface area contributed by atoms with E-state index in [-0.39, 0.29) is 0 Å². The van der Waals surface area contributed by atoms with Crippen LogP contribution >= 0.6 is 11.8 Å². The molecule has 0 amide bonds. The van der Waals surface area contributed by atoms with Crippen molar-refractivity contribution >= 4 is 11.8 Å². The van der Waals surface area contributed by atoms with Gasteiger partial charge in [0.05, 0.1) is 19.0 Å². The molecule has 0 radical (unpaired) electrons. The quantitative estimate of drug-likeness (QED) is 0.603. The van der Waals surface area contributed by atoms with Crippen molar-refractivity contribution in [3.05, 3.63) is 24.2 Å². The van der Waals surface area contributed by atoms with Gasteiger partial charge in [-0.1, -0.05) is 0 Å². The molecule has 0 fully saturated rings. The van der Waals surface area contributed by atoms with Gasteiger partial charge < -0.3 is 19.6 Å². The first-order chi connectivity index (χ1) is 8.83. The van der Waals surface area contributed by atoms with Crippen LogP contribution in [-0.4, -0.2) is 42.9 Å². The van der Waals surface area contributed by atoms with Crippen LogP contribution in [0.25, 0.3) is 0 Å². The number of unbranched alkanes of at least 4 members (excludes halogenated alkanes) is 1. The molecule has 104 valence electrons. The second-order valence-electron chi connectivity index (χ2n) is 4.15. The minimum atomic E-state index is -0.458. The molecule has 0 saturated heterocycles. The summed E-state index contributed by atoms with van der Waals surface area (Å²) in [6.07, 6.45) is 5.65. The summed E-state index contributed by atoms with van der Waals surface area (Å²) in [5.41, 5.74) is 0. The number of hydrogen-bond acceptors (Lipinski definition) is 5. The molecule has 0 aliphatic heterocycles. The van der Waals surface area contributed by atoms with Crippen LogP contribution in [0.5, 0.6) is 0 Å². The smallest absolute Gasteiger partial charge is 0.129 e. The van der Waals surface area contributed by atoms with E-state index < -0.39 is 6.10 Å². The molecule has 0 spiro atoms. The Balaban J connectivity index is 1.89. The largest absolute Gasteiger partial charge is 0.467 e. The van der Waals surface area contributed by atoms with Crippen molar-refractivity contribution in [1.29, 1.82) is 0 Å². The van der Waals surface area contributed by atoms with E-state index in [1.165, 1.54) is 12.2 Å². The molecule has 4 nitrogen and oxygen atoms in total. The third-order valence-electron chi connectivity index (χ3n) is 2.47. The summed E-state index contributed by atoms with van der Waals surface area (Å²) < 4.78 is 10.5. The third-order valence-corrected chi connectivity index (χ3v) is 3.16. The first-order valence-electron chi connectivity index (χ1n) is 6.30. The number of hydrogen-bond donors (Lipinski definition) is 2. The second kappa shape index (κ2) is 10.4. The number of nitrogens with one attached hydrogen (secondary N) is 1. The number of rotatable bonds is 11. The summed E-state index contributed by atoms with van der Waals surface area (Å²) in [5, 5.41) is 12.9. The average molecular weight is 273 g/mol. The molecule has 5 heteroatoms. The summed E-state index contributed by atoms with van der Waals surface area (Å²) >= 11 is 1.87. The molecular formula is C13H23NO3S. The van der Waals surface area contributed by atoms with Gasteiger partial charge in [-0.05, 0) is 43.5 Å². The van der Waals surface area contributed by atoms with E-state index in [4.69, 9.17) is 9.15 Å². The molecule has 0 aliphatic carbocycles. The van der Waals surface area contributed by atoms with E-state index in [0.717, 1.165) is 18.7 Å². The van der Waals surface area contributed by atoms with Gasteiger partial charge in [0, 0.05) is 6.54 Å². The highest BCUT2D eigenvalue weighted by atomic mass is 32.2. The fraction of sp³-hybridized carbons (Fsp3) is 0.692. The van der Waals surface area contributed by atoms with Crippen molar-refractivity contribution < 1.29 is 14.3 Å². The summed E-state index contributed by atoms with van der Waals surface area (Å²) in [6, 6.07) is 3.68. The molecule has 1 unspecified atom stereocenters. The van der Waals surface area contributed by atoms with Crippen LogP contribution in [0, 0.1) is 0 Å². The lowest BCUT2D eigenvalue weighted by atomic mass is 10.3. The number of thioether (sulfide) groups is 1. The lowest BCUT2D eigenvalue weighted by Crippen LogP contribution is -2.31. The first kappa shape index (κ1) is 15.6. The minimum Gasteiger partial charge on any atom is -0.467 e. The number of aliphatic hydroxyl groups is 1. The predicted octanol–water partition coefficient (Wildman–Crippen LogP) is 1.89. The fourth-order valence-electron chi connectivity index (χ4n) is 1.51. The highest BCUT2D eigenvalue weighted by molar-refractivity contribution is 7.98. The molecule has 1 rings (SSSR count). The Bertz CT molecular complexity index is 280. The van der Waals surface area contributed by atoms with Crippen molar-refractivity contribution in [2.24, 2.45) is 0 Å². The number of ether oxygens (including phenoxy) is 1. The lowest BCUT2D eigenvalue weighted by Gasteiger charge is -2.11. The Kier molecular flexibility index (Phi) is 9.02. The van der Waals surface area contributed by atoms with Crippen molar-refractivity contribution in [2.45, 2.75) is 25.6 Å². The minimum absolute atomic E-state index is 0.332. The fourth-order valence-corrected chi connectivity index (χ4v) is 2.01. The van der Waals surface area contributed by atoms with Gasteiger partial charge in [0.1, 0.15) is 12.4 Å². The van der Waals surface area contributed by atoms with Gasteiger partial charge in [-0.25, -0.2) is 0 Å². The Labute approximate surface area is 113 Å². The van der Waals surface area contributed by atoms with Gasteiger partial charge in [-0.15, -0.1) is 0 Å². The van der Waals surface area contributed by atoms with E-state index in [9.17, 15) is 5.11 Å². The van der Waals surface area contributed by atoms with Gasteiger partial charge >= 0.3 is 0 Å². The first-order valence-corrected chi connectivity index (χ1v) is 7.70. The SMILES string of the molecule is CSCCCCNCC(O)COCc1ccco1. The van der Waals surface area contributed by atoms with E-state index in [1.54, 1.807) is 6.26 Å². The molecule has 0 saturated carbocycles. The van der Waals surface area contributed by atoms with Crippen LogP contribution < -0.4 is 5.32 Å². The van der Waals surface area contributed by atoms with E-state index in [0.29, 0.717) is 19.8 Å². The average Bonchev–Trinajstić information content (AvgIpc) is 2.87.